The molecule has 9 rings (SSSR count). The Hall–Kier alpha value is -3.24. The number of nitrogens with zero attached hydrogens (tertiary/aromatic N) is 1. The lowest BCUT2D eigenvalue weighted by molar-refractivity contribution is -0.173. The molecule has 0 aliphatic heterocycles. The Kier molecular flexibility index (Phi) is 7.54. The number of benzene rings is 3. The van der Waals surface area contributed by atoms with Crippen molar-refractivity contribution in [3.63, 3.8) is 0 Å². The highest BCUT2D eigenvalue weighted by molar-refractivity contribution is 7.88. The lowest BCUT2D eigenvalue weighted by atomic mass is 9.32. The Morgan fingerprint density at radius 2 is 1.60 bits per heavy atom. The zero-order valence-electron chi connectivity index (χ0n) is 28.8. The molecule has 2 spiro atoms. The van der Waals surface area contributed by atoms with Crippen molar-refractivity contribution < 1.29 is 32.2 Å². The molecule has 9 heteroatoms. The van der Waals surface area contributed by atoms with Crippen LogP contribution in [0.2, 0.25) is 0 Å². The minimum atomic E-state index is -3.75. The first kappa shape index (κ1) is 33.9. The summed E-state index contributed by atoms with van der Waals surface area (Å²) in [7, 11) is -3.75. The monoisotopic (exact) mass is 701 g/mol. The molecule has 50 heavy (non-hydrogen) atoms. The first-order chi connectivity index (χ1) is 23.6. The van der Waals surface area contributed by atoms with Gasteiger partial charge in [0.2, 0.25) is 10.0 Å². The summed E-state index contributed by atoms with van der Waals surface area (Å²) in [5, 5.41) is 25.8. The van der Waals surface area contributed by atoms with Crippen LogP contribution in [0.25, 0.3) is 10.8 Å². The van der Waals surface area contributed by atoms with Gasteiger partial charge in [-0.3, -0.25) is 4.79 Å². The van der Waals surface area contributed by atoms with Crippen LogP contribution in [0.1, 0.15) is 74.7 Å². The summed E-state index contributed by atoms with van der Waals surface area (Å²) in [6.45, 7) is 4.36. The molecular weight excluding hydrogens is 657 g/mol. The van der Waals surface area contributed by atoms with E-state index in [9.17, 15) is 32.2 Å². The fraction of sp³-hybridized carbons (Fsp3) is 0.488. The smallest absolute Gasteiger partial charge is 0.211 e. The van der Waals surface area contributed by atoms with Crippen LogP contribution in [0, 0.1) is 45.1 Å². The minimum absolute atomic E-state index is 0.00358. The van der Waals surface area contributed by atoms with E-state index < -0.39 is 49.6 Å². The van der Waals surface area contributed by atoms with Crippen molar-refractivity contribution in [3.05, 3.63) is 107 Å². The molecular formula is C41H45F2NO5S. The molecule has 6 aliphatic rings. The largest absolute Gasteiger partial charge is 0.393 e. The van der Waals surface area contributed by atoms with Crippen molar-refractivity contribution in [1.29, 1.82) is 0 Å². The third kappa shape index (κ3) is 4.58. The van der Waals surface area contributed by atoms with Crippen molar-refractivity contribution in [1.82, 2.24) is 4.31 Å². The second-order valence-electron chi connectivity index (χ2n) is 16.4. The van der Waals surface area contributed by atoms with Crippen molar-refractivity contribution in [3.8, 4) is 0 Å². The van der Waals surface area contributed by atoms with Gasteiger partial charge in [0.05, 0.1) is 18.0 Å². The van der Waals surface area contributed by atoms with Crippen LogP contribution >= 0.6 is 0 Å². The number of aliphatic hydroxyl groups is 2. The average molecular weight is 702 g/mol. The number of hydrogen-bond acceptors (Lipinski definition) is 5. The molecule has 3 aromatic carbocycles. The highest BCUT2D eigenvalue weighted by Gasteiger charge is 2.74. The Balaban J connectivity index is 1.22. The maximum atomic E-state index is 14.6. The third-order valence-corrected chi connectivity index (χ3v) is 15.5. The van der Waals surface area contributed by atoms with E-state index in [0.29, 0.717) is 44.1 Å². The standard InChI is InChI=1S/C41H45F2NO5S/c1-37-16-13-29(45)22-39(37)19-20-41(31(23-39)36(46)27-11-12-32(42)33(43)21-27)34(37)14-17-38(2)35(41)15-18-40(38,47)25-44(50(3,48)49)24-28-9-6-8-26-7-4-5-10-30(26)28/h4-12,19-21,23,29,34-35,45,47H,13-18,22,24-25H2,1-3H3. The second kappa shape index (κ2) is 11.1. The first-order valence-corrected chi connectivity index (χ1v) is 19.7. The van der Waals surface area contributed by atoms with Crippen LogP contribution < -0.4 is 0 Å². The summed E-state index contributed by atoms with van der Waals surface area (Å²) in [6.07, 6.45) is 11.2. The highest BCUT2D eigenvalue weighted by atomic mass is 32.2. The first-order valence-electron chi connectivity index (χ1n) is 17.8. The van der Waals surface area contributed by atoms with Gasteiger partial charge in [0.15, 0.2) is 17.4 Å². The van der Waals surface area contributed by atoms with E-state index in [-0.39, 0.29) is 41.7 Å². The van der Waals surface area contributed by atoms with Crippen molar-refractivity contribution in [2.24, 2.45) is 33.5 Å². The maximum Gasteiger partial charge on any atom is 0.211 e. The van der Waals surface area contributed by atoms with E-state index in [0.717, 1.165) is 34.9 Å². The fourth-order valence-electron chi connectivity index (χ4n) is 11.6. The van der Waals surface area contributed by atoms with E-state index in [1.807, 2.05) is 48.5 Å². The molecule has 2 N–H and O–H groups in total. The maximum absolute atomic E-state index is 14.6. The lowest BCUT2D eigenvalue weighted by Gasteiger charge is -2.71. The van der Waals surface area contributed by atoms with Gasteiger partial charge in [0.25, 0.3) is 0 Å². The summed E-state index contributed by atoms with van der Waals surface area (Å²) in [5.74, 6) is -2.70. The molecule has 2 bridgehead atoms. The molecule has 0 radical (unpaired) electrons. The summed E-state index contributed by atoms with van der Waals surface area (Å²) in [5.41, 5.74) is -2.38. The molecule has 0 aromatic heterocycles. The number of carbonyl (C=O) groups excluding carboxylic acids is 1. The van der Waals surface area contributed by atoms with Gasteiger partial charge in [0, 0.05) is 40.5 Å². The molecule has 0 saturated heterocycles. The topological polar surface area (TPSA) is 94.9 Å². The minimum Gasteiger partial charge on any atom is -0.393 e. The predicted octanol–water partition coefficient (Wildman–Crippen LogP) is 7.35. The van der Waals surface area contributed by atoms with Gasteiger partial charge < -0.3 is 10.2 Å². The zero-order chi connectivity index (χ0) is 35.5. The summed E-state index contributed by atoms with van der Waals surface area (Å²) < 4.78 is 56.9. The summed E-state index contributed by atoms with van der Waals surface area (Å²) >= 11 is 0. The summed E-state index contributed by atoms with van der Waals surface area (Å²) in [4.78, 5) is 14.6. The number of hydrogen-bond donors (Lipinski definition) is 2. The Labute approximate surface area is 292 Å². The van der Waals surface area contributed by atoms with Gasteiger partial charge in [-0.2, -0.15) is 4.31 Å². The molecule has 6 nitrogen and oxygen atoms in total. The molecule has 0 amide bonds. The van der Waals surface area contributed by atoms with Gasteiger partial charge >= 0.3 is 0 Å². The van der Waals surface area contributed by atoms with Gasteiger partial charge in [-0.05, 0) is 96.7 Å². The Bertz CT molecular complexity index is 2090. The average Bonchev–Trinajstić information content (AvgIpc) is 3.35. The van der Waals surface area contributed by atoms with E-state index in [1.165, 1.54) is 16.6 Å². The molecule has 8 atom stereocenters. The molecule has 264 valence electrons. The van der Waals surface area contributed by atoms with E-state index >= 15 is 0 Å². The van der Waals surface area contributed by atoms with Gasteiger partial charge in [-0.1, -0.05) is 74.5 Å². The Morgan fingerprint density at radius 3 is 2.36 bits per heavy atom. The number of fused-ring (bicyclic) bond motifs is 2. The van der Waals surface area contributed by atoms with E-state index in [2.05, 4.69) is 26.0 Å². The van der Waals surface area contributed by atoms with E-state index in [4.69, 9.17) is 0 Å². The molecule has 3 aromatic rings. The van der Waals surface area contributed by atoms with Crippen molar-refractivity contribution >= 4 is 26.6 Å². The quantitative estimate of drug-likeness (QED) is 0.199. The van der Waals surface area contributed by atoms with Crippen LogP contribution in [0.5, 0.6) is 0 Å². The van der Waals surface area contributed by atoms with Crippen LogP contribution in [0.4, 0.5) is 8.78 Å². The predicted molar refractivity (Wildman–Crippen MR) is 188 cm³/mol. The molecule has 3 saturated carbocycles. The second-order valence-corrected chi connectivity index (χ2v) is 18.4. The van der Waals surface area contributed by atoms with Crippen LogP contribution in [0.15, 0.2) is 84.5 Å². The van der Waals surface area contributed by atoms with Crippen LogP contribution in [-0.4, -0.2) is 53.2 Å². The number of sulfonamides is 1. The normalized spacial score (nSPS) is 37.4. The number of aliphatic hydroxyl groups excluding tert-OH is 1. The van der Waals surface area contributed by atoms with E-state index in [1.54, 1.807) is 0 Å². The highest BCUT2D eigenvalue weighted by Crippen LogP contribution is 2.78. The zero-order valence-corrected chi connectivity index (χ0v) is 29.6. The number of carbonyl (C=O) groups is 1. The van der Waals surface area contributed by atoms with Gasteiger partial charge in [0.1, 0.15) is 0 Å². The fourth-order valence-corrected chi connectivity index (χ4v) is 12.4. The molecule has 0 heterocycles. The van der Waals surface area contributed by atoms with Crippen molar-refractivity contribution in [2.75, 3.05) is 12.8 Å². The lowest BCUT2D eigenvalue weighted by Crippen LogP contribution is -2.67. The number of ketones is 1. The molecule has 6 aliphatic carbocycles. The number of rotatable bonds is 7. The number of Topliss-reactive ketones (excluding diaryl/α,β-unsaturated/α-hetero) is 1. The SMILES string of the molecule is CC12CCC(O)CC13C=CC1(C(C(=O)c4ccc(F)c(F)c4)=C3)C2CCC2(C)C1CCC2(O)CN(Cc1cccc2ccccc12)S(C)(=O)=O. The van der Waals surface area contributed by atoms with Crippen LogP contribution in [-0.2, 0) is 16.6 Å². The molecule has 3 fully saturated rings. The van der Waals surface area contributed by atoms with Crippen molar-refractivity contribution in [2.45, 2.75) is 77.0 Å². The van der Waals surface area contributed by atoms with Gasteiger partial charge in [-0.15, -0.1) is 0 Å². The third-order valence-electron chi connectivity index (χ3n) is 14.3. The number of allylic oxidation sites excluding steroid dienone is 4. The summed E-state index contributed by atoms with van der Waals surface area (Å²) in [6, 6.07) is 17.0. The number of halogens is 2. The molecule has 8 unspecified atom stereocenters. The Morgan fingerprint density at radius 1 is 0.900 bits per heavy atom. The van der Waals surface area contributed by atoms with Crippen LogP contribution in [0.3, 0.4) is 0 Å². The van der Waals surface area contributed by atoms with Gasteiger partial charge in [-0.25, -0.2) is 17.2 Å².